The van der Waals surface area contributed by atoms with Crippen molar-refractivity contribution >= 4 is 21.8 Å². The predicted molar refractivity (Wildman–Crippen MR) is 109 cm³/mol. The number of rotatable bonds is 8. The summed E-state index contributed by atoms with van der Waals surface area (Å²) in [6.07, 6.45) is 0. The van der Waals surface area contributed by atoms with Gasteiger partial charge in [0, 0.05) is 11.6 Å². The van der Waals surface area contributed by atoms with Gasteiger partial charge in [-0.25, -0.2) is 8.42 Å². The molecule has 9 nitrogen and oxygen atoms in total. The molecule has 0 aliphatic carbocycles. The summed E-state index contributed by atoms with van der Waals surface area (Å²) in [5.41, 5.74) is 0.428. The van der Waals surface area contributed by atoms with Gasteiger partial charge in [0.2, 0.25) is 5.89 Å². The van der Waals surface area contributed by atoms with Crippen molar-refractivity contribution in [3.05, 3.63) is 48.5 Å². The number of benzene rings is 2. The first-order valence-electron chi connectivity index (χ1n) is 9.04. The molecule has 0 aliphatic rings. The Labute approximate surface area is 174 Å². The molecule has 1 N–H and O–H groups in total. The van der Waals surface area contributed by atoms with Crippen molar-refractivity contribution in [3.63, 3.8) is 0 Å². The molecular weight excluding hydrogens is 410 g/mol. The summed E-state index contributed by atoms with van der Waals surface area (Å²) in [6, 6.07) is 12.9. The molecule has 0 unspecified atom stereocenters. The number of carbonyl (C=O) groups is 1. The van der Waals surface area contributed by atoms with Crippen LogP contribution in [-0.4, -0.2) is 43.5 Å². The highest BCUT2D eigenvalue weighted by atomic mass is 32.2. The van der Waals surface area contributed by atoms with Crippen LogP contribution >= 0.6 is 0 Å². The van der Waals surface area contributed by atoms with Crippen molar-refractivity contribution < 1.29 is 27.1 Å². The Hall–Kier alpha value is -3.40. The highest BCUT2D eigenvalue weighted by Crippen LogP contribution is 2.25. The third-order valence-electron chi connectivity index (χ3n) is 4.11. The number of sulfone groups is 1. The van der Waals surface area contributed by atoms with Gasteiger partial charge in [-0.05, 0) is 44.2 Å². The zero-order valence-corrected chi connectivity index (χ0v) is 17.5. The Kier molecular flexibility index (Phi) is 6.36. The molecule has 0 bridgehead atoms. The van der Waals surface area contributed by atoms with E-state index >= 15 is 0 Å². The van der Waals surface area contributed by atoms with E-state index in [-0.39, 0.29) is 23.4 Å². The smallest absolute Gasteiger partial charge is 0.322 e. The summed E-state index contributed by atoms with van der Waals surface area (Å²) in [6.45, 7) is 2.94. The van der Waals surface area contributed by atoms with Gasteiger partial charge in [-0.15, -0.1) is 5.10 Å². The maximum absolute atomic E-state index is 12.3. The van der Waals surface area contributed by atoms with Crippen molar-refractivity contribution in [3.8, 4) is 23.0 Å². The number of methoxy groups -OCH3 is 1. The Morgan fingerprint density at radius 1 is 1.10 bits per heavy atom. The lowest BCUT2D eigenvalue weighted by Gasteiger charge is -2.08. The van der Waals surface area contributed by atoms with Crippen molar-refractivity contribution in [2.45, 2.75) is 24.0 Å². The summed E-state index contributed by atoms with van der Waals surface area (Å²) < 4.78 is 40.6. The molecule has 0 atom stereocenters. The van der Waals surface area contributed by atoms with E-state index in [1.165, 1.54) is 19.2 Å². The third-order valence-corrected chi connectivity index (χ3v) is 6.26. The molecule has 0 saturated carbocycles. The molecule has 0 radical (unpaired) electrons. The number of hydrogen-bond donors (Lipinski definition) is 1. The lowest BCUT2D eigenvalue weighted by Crippen LogP contribution is -2.20. The summed E-state index contributed by atoms with van der Waals surface area (Å²) >= 11 is 0. The number of aromatic nitrogens is 2. The summed E-state index contributed by atoms with van der Waals surface area (Å²) in [5.74, 6) is 0.666. The Balaban J connectivity index is 1.66. The molecule has 0 fully saturated rings. The topological polar surface area (TPSA) is 121 Å². The molecule has 1 amide bonds. The quantitative estimate of drug-likeness (QED) is 0.578. The van der Waals surface area contributed by atoms with E-state index in [0.29, 0.717) is 17.1 Å². The molecule has 30 heavy (non-hydrogen) atoms. The highest BCUT2D eigenvalue weighted by Gasteiger charge is 2.20. The third kappa shape index (κ3) is 4.95. The first kappa shape index (κ1) is 21.3. The predicted octanol–water partition coefficient (Wildman–Crippen LogP) is 2.94. The minimum Gasteiger partial charge on any atom is -0.497 e. The average Bonchev–Trinajstić information content (AvgIpc) is 3.21. The van der Waals surface area contributed by atoms with E-state index in [0.717, 1.165) is 0 Å². The van der Waals surface area contributed by atoms with Gasteiger partial charge in [0.15, 0.2) is 16.4 Å². The molecule has 10 heteroatoms. The maximum atomic E-state index is 12.3. The monoisotopic (exact) mass is 431 g/mol. The molecule has 0 aliphatic heterocycles. The number of carbonyl (C=O) groups excluding carboxylic acids is 1. The van der Waals surface area contributed by atoms with E-state index in [1.807, 2.05) is 0 Å². The van der Waals surface area contributed by atoms with Crippen LogP contribution in [0.5, 0.6) is 11.5 Å². The Bertz CT molecular complexity index is 1140. The van der Waals surface area contributed by atoms with Gasteiger partial charge in [0.05, 0.1) is 17.3 Å². The molecule has 158 valence electrons. The fraction of sp³-hybridized carbons (Fsp3) is 0.250. The van der Waals surface area contributed by atoms with E-state index in [2.05, 4.69) is 15.5 Å². The number of amides is 1. The first-order chi connectivity index (χ1) is 14.3. The van der Waals surface area contributed by atoms with Crippen LogP contribution in [0.3, 0.4) is 0 Å². The van der Waals surface area contributed by atoms with Gasteiger partial charge in [0.1, 0.15) is 11.5 Å². The van der Waals surface area contributed by atoms with Crippen LogP contribution in [0.1, 0.15) is 13.8 Å². The molecule has 1 aromatic heterocycles. The molecular formula is C20H21N3O6S. The number of ether oxygens (including phenoxy) is 2. The second-order valence-electron chi connectivity index (χ2n) is 6.55. The van der Waals surface area contributed by atoms with Crippen molar-refractivity contribution in [2.75, 3.05) is 19.0 Å². The van der Waals surface area contributed by atoms with Gasteiger partial charge in [-0.2, -0.15) is 0 Å². The van der Waals surface area contributed by atoms with Gasteiger partial charge in [-0.3, -0.25) is 10.1 Å². The van der Waals surface area contributed by atoms with Crippen molar-refractivity contribution in [1.82, 2.24) is 10.2 Å². The molecule has 3 aromatic rings. The Morgan fingerprint density at radius 3 is 2.57 bits per heavy atom. The van der Waals surface area contributed by atoms with Crippen LogP contribution in [-0.2, 0) is 14.6 Å². The van der Waals surface area contributed by atoms with E-state index in [1.54, 1.807) is 50.2 Å². The second kappa shape index (κ2) is 8.95. The van der Waals surface area contributed by atoms with E-state index in [9.17, 15) is 13.2 Å². The van der Waals surface area contributed by atoms with Gasteiger partial charge < -0.3 is 13.9 Å². The van der Waals surface area contributed by atoms with Crippen LogP contribution in [0.4, 0.5) is 6.01 Å². The first-order valence-corrected chi connectivity index (χ1v) is 10.6. The molecule has 1 heterocycles. The van der Waals surface area contributed by atoms with Crippen molar-refractivity contribution in [1.29, 1.82) is 0 Å². The maximum Gasteiger partial charge on any atom is 0.322 e. The van der Waals surface area contributed by atoms with Crippen LogP contribution in [0.25, 0.3) is 11.5 Å². The minimum atomic E-state index is -3.44. The lowest BCUT2D eigenvalue weighted by molar-refractivity contribution is -0.118. The number of nitrogens with zero attached hydrogens (tertiary/aromatic N) is 2. The molecule has 0 saturated heterocycles. The van der Waals surface area contributed by atoms with Gasteiger partial charge >= 0.3 is 6.01 Å². The second-order valence-corrected chi connectivity index (χ2v) is 9.05. The van der Waals surface area contributed by atoms with Crippen molar-refractivity contribution in [2.24, 2.45) is 0 Å². The molecule has 0 spiro atoms. The Morgan fingerprint density at radius 2 is 1.83 bits per heavy atom. The zero-order chi connectivity index (χ0) is 21.7. The number of hydrogen-bond acceptors (Lipinski definition) is 8. The fourth-order valence-electron chi connectivity index (χ4n) is 2.46. The molecule has 2 aromatic carbocycles. The van der Waals surface area contributed by atoms with Crippen LogP contribution in [0, 0.1) is 0 Å². The van der Waals surface area contributed by atoms with Crippen LogP contribution in [0.15, 0.2) is 57.8 Å². The highest BCUT2D eigenvalue weighted by molar-refractivity contribution is 7.92. The average molecular weight is 431 g/mol. The summed E-state index contributed by atoms with van der Waals surface area (Å²) in [5, 5.41) is 9.51. The largest absolute Gasteiger partial charge is 0.497 e. The zero-order valence-electron chi connectivity index (χ0n) is 16.7. The van der Waals surface area contributed by atoms with E-state index in [4.69, 9.17) is 13.9 Å². The lowest BCUT2D eigenvalue weighted by atomic mass is 10.2. The van der Waals surface area contributed by atoms with Gasteiger partial charge in [0.25, 0.3) is 5.91 Å². The van der Waals surface area contributed by atoms with E-state index < -0.39 is 21.0 Å². The summed E-state index contributed by atoms with van der Waals surface area (Å²) in [7, 11) is -1.91. The van der Waals surface area contributed by atoms with Crippen LogP contribution < -0.4 is 14.8 Å². The van der Waals surface area contributed by atoms with Crippen LogP contribution in [0.2, 0.25) is 0 Å². The number of nitrogens with one attached hydrogen (secondary N) is 1. The number of anilines is 1. The minimum absolute atomic E-state index is 0.0832. The van der Waals surface area contributed by atoms with Gasteiger partial charge in [-0.1, -0.05) is 17.2 Å². The standard InChI is InChI=1S/C20H21N3O6S/c1-13(2)30(25,26)17-9-4-6-14(10-17)19-22-23-20(29-19)21-18(24)12-28-16-8-5-7-15(11-16)27-3/h4-11,13H,12H2,1-3H3,(H,21,23,24). The SMILES string of the molecule is COc1cccc(OCC(=O)Nc2nnc(-c3cccc(S(=O)(=O)C(C)C)c3)o2)c1. The fourth-order valence-corrected chi connectivity index (χ4v) is 3.57. The normalized spacial score (nSPS) is 11.3. The summed E-state index contributed by atoms with van der Waals surface area (Å²) in [4.78, 5) is 12.2. The molecule has 3 rings (SSSR count).